The molecule has 0 aliphatic carbocycles. The molecule has 0 atom stereocenters. The highest BCUT2D eigenvalue weighted by molar-refractivity contribution is 7.89. The van der Waals surface area contributed by atoms with E-state index in [1.807, 2.05) is 0 Å². The van der Waals surface area contributed by atoms with E-state index in [9.17, 15) is 22.4 Å². The number of halogens is 1. The number of Topliss-reactive ketones (excluding diaryl/α,β-unsaturated/α-hetero) is 1. The predicted octanol–water partition coefficient (Wildman–Crippen LogP) is 2.69. The van der Waals surface area contributed by atoms with E-state index >= 15 is 0 Å². The summed E-state index contributed by atoms with van der Waals surface area (Å²) in [5.41, 5.74) is 2.01. The minimum Gasteiger partial charge on any atom is -0.326 e. The van der Waals surface area contributed by atoms with Crippen LogP contribution < -0.4 is 10.5 Å². The van der Waals surface area contributed by atoms with Crippen LogP contribution in [-0.4, -0.2) is 20.1 Å². The van der Waals surface area contributed by atoms with Gasteiger partial charge in [0.1, 0.15) is 5.82 Å². The first-order valence-corrected chi connectivity index (χ1v) is 9.35. The largest absolute Gasteiger partial charge is 0.326 e. The summed E-state index contributed by atoms with van der Waals surface area (Å²) in [6, 6.07) is 7.80. The second-order valence-electron chi connectivity index (χ2n) is 5.94. The Morgan fingerprint density at radius 2 is 1.69 bits per heavy atom. The van der Waals surface area contributed by atoms with Crippen LogP contribution in [0.25, 0.3) is 0 Å². The Labute approximate surface area is 151 Å². The summed E-state index contributed by atoms with van der Waals surface area (Å²) in [5.74, 6) is -1.17. The van der Waals surface area contributed by atoms with Crippen LogP contribution in [0.15, 0.2) is 41.3 Å². The molecule has 0 bridgehead atoms. The number of ketones is 1. The summed E-state index contributed by atoms with van der Waals surface area (Å²) < 4.78 is 35.9. The number of carbonyl (C=O) groups is 2. The number of rotatable bonds is 6. The Kier molecular flexibility index (Phi) is 5.89. The number of carbonyl (C=O) groups excluding carboxylic acids is 2. The Morgan fingerprint density at radius 3 is 2.27 bits per heavy atom. The maximum absolute atomic E-state index is 12.9. The molecule has 0 aromatic heterocycles. The molecule has 0 saturated carbocycles. The zero-order chi connectivity index (χ0) is 19.5. The summed E-state index contributed by atoms with van der Waals surface area (Å²) in [7, 11) is -3.90. The fraction of sp³-hybridized carbons (Fsp3) is 0.222. The molecule has 3 N–H and O–H groups in total. The molecule has 6 nitrogen and oxygen atoms in total. The maximum Gasteiger partial charge on any atom is 0.238 e. The lowest BCUT2D eigenvalue weighted by Gasteiger charge is -2.12. The summed E-state index contributed by atoms with van der Waals surface area (Å²) in [6.45, 7) is 3.44. The first kappa shape index (κ1) is 19.7. The van der Waals surface area contributed by atoms with Crippen LogP contribution in [0, 0.1) is 19.7 Å². The van der Waals surface area contributed by atoms with E-state index in [1.54, 1.807) is 13.8 Å². The molecule has 0 aliphatic rings. The van der Waals surface area contributed by atoms with Gasteiger partial charge < -0.3 is 5.32 Å². The van der Waals surface area contributed by atoms with Crippen LogP contribution in [-0.2, 0) is 14.8 Å². The quantitative estimate of drug-likeness (QED) is 0.754. The Hall–Kier alpha value is -2.58. The summed E-state index contributed by atoms with van der Waals surface area (Å²) in [6.07, 6.45) is -0.140. The molecular formula is C18H19FN2O4S. The third-order valence-electron chi connectivity index (χ3n) is 3.99. The van der Waals surface area contributed by atoms with Crippen LogP contribution in [0.4, 0.5) is 10.1 Å². The number of primary sulfonamides is 1. The number of anilines is 1. The lowest BCUT2D eigenvalue weighted by Crippen LogP contribution is -2.17. The van der Waals surface area contributed by atoms with E-state index in [0.717, 1.165) is 0 Å². The van der Waals surface area contributed by atoms with Crippen LogP contribution in [0.2, 0.25) is 0 Å². The molecule has 0 fully saturated rings. The molecule has 0 radical (unpaired) electrons. The lowest BCUT2D eigenvalue weighted by molar-refractivity contribution is -0.116. The smallest absolute Gasteiger partial charge is 0.238 e. The van der Waals surface area contributed by atoms with Crippen molar-refractivity contribution in [1.82, 2.24) is 0 Å². The zero-order valence-corrected chi connectivity index (χ0v) is 15.2. The first-order valence-electron chi connectivity index (χ1n) is 7.80. The molecule has 1 amide bonds. The van der Waals surface area contributed by atoms with Gasteiger partial charge in [0.2, 0.25) is 15.9 Å². The summed E-state index contributed by atoms with van der Waals surface area (Å²) >= 11 is 0. The second-order valence-corrected chi connectivity index (χ2v) is 7.50. The molecule has 26 heavy (non-hydrogen) atoms. The number of nitrogens with two attached hydrogens (primary N) is 1. The van der Waals surface area contributed by atoms with E-state index in [-0.39, 0.29) is 23.5 Å². The van der Waals surface area contributed by atoms with Gasteiger partial charge in [0, 0.05) is 24.1 Å². The van der Waals surface area contributed by atoms with Crippen molar-refractivity contribution in [2.75, 3.05) is 5.32 Å². The molecule has 2 rings (SSSR count). The lowest BCUT2D eigenvalue weighted by atomic mass is 10.1. The van der Waals surface area contributed by atoms with E-state index in [0.29, 0.717) is 22.4 Å². The molecule has 2 aromatic rings. The van der Waals surface area contributed by atoms with Crippen molar-refractivity contribution in [2.45, 2.75) is 31.6 Å². The molecule has 0 spiro atoms. The van der Waals surface area contributed by atoms with E-state index < -0.39 is 21.7 Å². The minimum absolute atomic E-state index is 0.0512. The Bertz CT molecular complexity index is 954. The number of aryl methyl sites for hydroxylation is 1. The SMILES string of the molecule is Cc1cc(S(N)(=O)=O)cc(NC(=O)CCC(=O)c2ccc(F)cc2)c1C. The van der Waals surface area contributed by atoms with Crippen LogP contribution in [0.1, 0.15) is 34.3 Å². The van der Waals surface area contributed by atoms with Crippen molar-refractivity contribution in [3.05, 3.63) is 58.9 Å². The van der Waals surface area contributed by atoms with Gasteiger partial charge in [-0.2, -0.15) is 0 Å². The maximum atomic E-state index is 12.9. The molecule has 0 heterocycles. The van der Waals surface area contributed by atoms with E-state index in [2.05, 4.69) is 5.32 Å². The van der Waals surface area contributed by atoms with Crippen molar-refractivity contribution in [3.63, 3.8) is 0 Å². The van der Waals surface area contributed by atoms with Crippen LogP contribution in [0.5, 0.6) is 0 Å². The number of benzene rings is 2. The number of sulfonamides is 1. The highest BCUT2D eigenvalue weighted by Crippen LogP contribution is 2.24. The standard InChI is InChI=1S/C18H19FN2O4S/c1-11-9-15(26(20,24)25)10-16(12(11)2)21-18(23)8-7-17(22)13-3-5-14(19)6-4-13/h3-6,9-10H,7-8H2,1-2H3,(H,21,23)(H2,20,24,25). The van der Waals surface area contributed by atoms with Gasteiger partial charge in [0.25, 0.3) is 0 Å². The summed E-state index contributed by atoms with van der Waals surface area (Å²) in [5, 5.41) is 7.75. The molecule has 138 valence electrons. The van der Waals surface area contributed by atoms with Crippen molar-refractivity contribution in [1.29, 1.82) is 0 Å². The predicted molar refractivity (Wildman–Crippen MR) is 95.9 cm³/mol. The van der Waals surface area contributed by atoms with Crippen LogP contribution in [0.3, 0.4) is 0 Å². The fourth-order valence-electron chi connectivity index (χ4n) is 2.34. The van der Waals surface area contributed by atoms with Gasteiger partial charge in [-0.15, -0.1) is 0 Å². The molecule has 2 aromatic carbocycles. The van der Waals surface area contributed by atoms with Crippen molar-refractivity contribution < 1.29 is 22.4 Å². The normalized spacial score (nSPS) is 11.2. The highest BCUT2D eigenvalue weighted by Gasteiger charge is 2.15. The van der Waals surface area contributed by atoms with Gasteiger partial charge >= 0.3 is 0 Å². The molecule has 0 aliphatic heterocycles. The number of nitrogens with one attached hydrogen (secondary N) is 1. The summed E-state index contributed by atoms with van der Waals surface area (Å²) in [4.78, 5) is 24.0. The highest BCUT2D eigenvalue weighted by atomic mass is 32.2. The third kappa shape index (κ3) is 4.96. The molecule has 0 unspecified atom stereocenters. The third-order valence-corrected chi connectivity index (χ3v) is 4.88. The van der Waals surface area contributed by atoms with Gasteiger partial charge in [-0.25, -0.2) is 17.9 Å². The average Bonchev–Trinajstić information content (AvgIpc) is 2.56. The molecule has 0 saturated heterocycles. The number of amides is 1. The second kappa shape index (κ2) is 7.76. The van der Waals surface area contributed by atoms with E-state index in [1.165, 1.54) is 36.4 Å². The zero-order valence-electron chi connectivity index (χ0n) is 14.4. The topological polar surface area (TPSA) is 106 Å². The number of hydrogen-bond donors (Lipinski definition) is 2. The minimum atomic E-state index is -3.90. The van der Waals surface area contributed by atoms with Gasteiger partial charge in [0.15, 0.2) is 5.78 Å². The fourth-order valence-corrected chi connectivity index (χ4v) is 2.96. The monoisotopic (exact) mass is 378 g/mol. The van der Waals surface area contributed by atoms with Crippen molar-refractivity contribution >= 4 is 27.4 Å². The number of hydrogen-bond acceptors (Lipinski definition) is 4. The average molecular weight is 378 g/mol. The first-order chi connectivity index (χ1) is 12.1. The van der Waals surface area contributed by atoms with Crippen LogP contribution >= 0.6 is 0 Å². The van der Waals surface area contributed by atoms with Crippen molar-refractivity contribution in [2.24, 2.45) is 5.14 Å². The van der Waals surface area contributed by atoms with Gasteiger partial charge in [-0.05, 0) is 61.4 Å². The van der Waals surface area contributed by atoms with Gasteiger partial charge in [0.05, 0.1) is 4.90 Å². The molecule has 8 heteroatoms. The van der Waals surface area contributed by atoms with Gasteiger partial charge in [-0.1, -0.05) is 0 Å². The Balaban J connectivity index is 2.07. The van der Waals surface area contributed by atoms with Crippen molar-refractivity contribution in [3.8, 4) is 0 Å². The molecular weight excluding hydrogens is 359 g/mol. The van der Waals surface area contributed by atoms with E-state index in [4.69, 9.17) is 5.14 Å². The van der Waals surface area contributed by atoms with Gasteiger partial charge in [-0.3, -0.25) is 9.59 Å². The Morgan fingerprint density at radius 1 is 1.08 bits per heavy atom.